The Kier molecular flexibility index (Phi) is 14.5. The Labute approximate surface area is 338 Å². The van der Waals surface area contributed by atoms with Gasteiger partial charge in [0.15, 0.2) is 21.9 Å². The second-order valence-electron chi connectivity index (χ2n) is 14.7. The van der Waals surface area contributed by atoms with Crippen LogP contribution < -0.4 is 4.74 Å². The van der Waals surface area contributed by atoms with Crippen LogP contribution in [-0.2, 0) is 65.8 Å². The van der Waals surface area contributed by atoms with E-state index in [-0.39, 0.29) is 68.8 Å². The lowest BCUT2D eigenvalue weighted by molar-refractivity contribution is 0.114. The van der Waals surface area contributed by atoms with Crippen LogP contribution in [0.1, 0.15) is 84.2 Å². The number of rotatable bonds is 12. The van der Waals surface area contributed by atoms with Crippen molar-refractivity contribution in [1.29, 1.82) is 0 Å². The first-order valence-electron chi connectivity index (χ1n) is 19.4. The van der Waals surface area contributed by atoms with Gasteiger partial charge in [-0.15, -0.1) is 0 Å². The summed E-state index contributed by atoms with van der Waals surface area (Å²) in [7, 11) is -15.0. The number of ether oxygens (including phenoxy) is 1. The molecule has 58 heavy (non-hydrogen) atoms. The lowest BCUT2D eigenvalue weighted by atomic mass is 10.1. The number of benzene rings is 1. The Balaban J connectivity index is 0.000000263. The molecule has 1 aromatic carbocycles. The number of oxazole rings is 1. The zero-order valence-corrected chi connectivity index (χ0v) is 37.4. The van der Waals surface area contributed by atoms with Crippen molar-refractivity contribution in [3.05, 3.63) is 65.6 Å². The maximum atomic E-state index is 14.8. The van der Waals surface area contributed by atoms with E-state index in [4.69, 9.17) is 45.3 Å². The summed E-state index contributed by atoms with van der Waals surface area (Å²) in [5.74, 6) is 0.624. The van der Waals surface area contributed by atoms with Crippen LogP contribution in [0.2, 0.25) is 0 Å². The van der Waals surface area contributed by atoms with E-state index in [1.54, 1.807) is 40.1 Å². The van der Waals surface area contributed by atoms with E-state index in [1.165, 1.54) is 32.0 Å². The van der Waals surface area contributed by atoms with Crippen molar-refractivity contribution in [2.24, 2.45) is 0 Å². The summed E-state index contributed by atoms with van der Waals surface area (Å²) in [5.41, 5.74) is 1.94. The number of pyridine rings is 1. The summed E-state index contributed by atoms with van der Waals surface area (Å²) in [6, 6.07) is 7.65. The first-order chi connectivity index (χ1) is 27.4. The molecule has 0 radical (unpaired) electrons. The maximum Gasteiger partial charge on any atom is 0.353 e. The summed E-state index contributed by atoms with van der Waals surface area (Å²) in [5, 5.41) is -0.898. The largest absolute Gasteiger partial charge is 0.491 e. The fourth-order valence-electron chi connectivity index (χ4n) is 6.51. The minimum absolute atomic E-state index is 0.0615. The van der Waals surface area contributed by atoms with Gasteiger partial charge in [-0.3, -0.25) is 23.2 Å². The number of hydrogen-bond acceptors (Lipinski definition) is 16. The zero-order chi connectivity index (χ0) is 41.9. The third kappa shape index (κ3) is 9.37. The van der Waals surface area contributed by atoms with Crippen molar-refractivity contribution < 1.29 is 68.0 Å². The summed E-state index contributed by atoms with van der Waals surface area (Å²) < 4.78 is 123. The summed E-state index contributed by atoms with van der Waals surface area (Å²) in [4.78, 5) is 6.80. The van der Waals surface area contributed by atoms with Gasteiger partial charge < -0.3 is 45.3 Å². The van der Waals surface area contributed by atoms with Gasteiger partial charge in [-0.25, -0.2) is 9.37 Å². The molecule has 7 rings (SSSR count). The highest BCUT2D eigenvalue weighted by atomic mass is 31.2. The second-order valence-corrected chi connectivity index (χ2v) is 24.8. The Morgan fingerprint density at radius 3 is 1.79 bits per heavy atom. The van der Waals surface area contributed by atoms with E-state index >= 15 is 0 Å². The molecule has 4 saturated heterocycles. The molecule has 0 bridgehead atoms. The Morgan fingerprint density at radius 1 is 0.793 bits per heavy atom. The van der Waals surface area contributed by atoms with Crippen LogP contribution in [0, 0.1) is 12.7 Å². The predicted molar refractivity (Wildman–Crippen MR) is 212 cm³/mol. The first-order valence-corrected chi connectivity index (χ1v) is 25.8. The third-order valence-corrected chi connectivity index (χ3v) is 22.8. The Hall–Kier alpha value is -2.09. The van der Waals surface area contributed by atoms with Gasteiger partial charge in [-0.2, -0.15) is 0 Å². The van der Waals surface area contributed by atoms with Crippen LogP contribution in [0.4, 0.5) is 4.39 Å². The van der Waals surface area contributed by atoms with Crippen LogP contribution in [0.3, 0.4) is 0 Å². The number of aromatic nitrogens is 2. The molecule has 4 aliphatic rings. The molecule has 0 amide bonds. The average molecular weight is 893 g/mol. The molecule has 4 fully saturated rings. The standard InChI is InChI=1S/C27H33FN2O8P2.C10H20O6P2/c1-20-24(30-26(38-20)21-10-12-29-13-11-21)7-3-4-14-33-25-19-22(8-9-23(25)28)27(2,39(31)34-15-5-16-35-39)40(32)36-17-6-18-37-40;1-6-7(2)14-17(11,13-6)10(5)18(12)15-8(3)9(4)16-18/h8-13,19H,3-7,14-18H2,1-2H3;6-10H,1-5H3. The molecule has 3 aromatic rings. The van der Waals surface area contributed by atoms with Crippen molar-refractivity contribution in [1.82, 2.24) is 9.97 Å². The van der Waals surface area contributed by atoms with E-state index in [1.807, 2.05) is 19.1 Å². The van der Waals surface area contributed by atoms with Crippen molar-refractivity contribution in [2.45, 2.75) is 115 Å². The molecule has 4 unspecified atom stereocenters. The smallest absolute Gasteiger partial charge is 0.353 e. The van der Waals surface area contributed by atoms with Crippen LogP contribution in [0.25, 0.3) is 11.5 Å². The Morgan fingerprint density at radius 2 is 1.29 bits per heavy atom. The van der Waals surface area contributed by atoms with E-state index in [0.29, 0.717) is 31.6 Å². The second kappa shape index (κ2) is 18.5. The molecule has 21 heteroatoms. The monoisotopic (exact) mass is 892 g/mol. The third-order valence-electron chi connectivity index (χ3n) is 10.5. The van der Waals surface area contributed by atoms with E-state index in [0.717, 1.165) is 23.4 Å². The number of nitrogens with zero attached hydrogens (tertiary/aromatic N) is 2. The molecule has 4 aliphatic heterocycles. The highest BCUT2D eigenvalue weighted by molar-refractivity contribution is 7.73. The van der Waals surface area contributed by atoms with Gasteiger partial charge in [-0.1, -0.05) is 6.07 Å². The van der Waals surface area contributed by atoms with Gasteiger partial charge >= 0.3 is 30.4 Å². The summed E-state index contributed by atoms with van der Waals surface area (Å²) in [6.45, 7) is 12.9. The Bertz CT molecular complexity index is 1970. The molecule has 6 heterocycles. The van der Waals surface area contributed by atoms with Crippen molar-refractivity contribution in [3.8, 4) is 17.2 Å². The number of unbranched alkanes of at least 4 members (excludes halogenated alkanes) is 1. The van der Waals surface area contributed by atoms with Crippen molar-refractivity contribution in [2.75, 3.05) is 33.0 Å². The fourth-order valence-corrected chi connectivity index (χ4v) is 17.3. The number of aryl methyl sites for hydroxylation is 2. The topological polar surface area (TPSA) is 190 Å². The van der Waals surface area contributed by atoms with E-state index < -0.39 is 46.5 Å². The van der Waals surface area contributed by atoms with Gasteiger partial charge in [0.1, 0.15) is 5.76 Å². The SMILES string of the molecule is CC1OP(=O)(C(C)P2(=O)OC(C)C(C)O2)OC1C.Cc1oc(-c2ccncc2)nc1CCCCOc1cc(C(C)(P2(=O)OCCCO2)P2(=O)OCCCO2)ccc1F. The van der Waals surface area contributed by atoms with Crippen molar-refractivity contribution in [3.63, 3.8) is 0 Å². The molecular weight excluding hydrogens is 839 g/mol. The normalized spacial score (nSPS) is 30.0. The van der Waals surface area contributed by atoms with Gasteiger partial charge in [-0.05, 0) is 110 Å². The summed E-state index contributed by atoms with van der Waals surface area (Å²) >= 11 is 0. The molecule has 0 spiro atoms. The van der Waals surface area contributed by atoms with Crippen LogP contribution in [-0.4, -0.2) is 72.8 Å². The lowest BCUT2D eigenvalue weighted by Crippen LogP contribution is -2.31. The minimum atomic E-state index is -4.03. The highest BCUT2D eigenvalue weighted by Gasteiger charge is 2.65. The van der Waals surface area contributed by atoms with Gasteiger partial charge in [0, 0.05) is 18.0 Å². The molecule has 16 nitrogen and oxygen atoms in total. The molecular formula is C37H53FN2O14P4. The number of halogens is 1. The average Bonchev–Trinajstić information content (AvgIpc) is 3.81. The molecule has 0 aliphatic carbocycles. The van der Waals surface area contributed by atoms with Gasteiger partial charge in [0.2, 0.25) is 5.89 Å². The lowest BCUT2D eigenvalue weighted by Gasteiger charge is -2.43. The van der Waals surface area contributed by atoms with Gasteiger partial charge in [0.25, 0.3) is 0 Å². The fraction of sp³-hybridized carbons (Fsp3) is 0.622. The number of hydrogen-bond donors (Lipinski definition) is 0. The van der Waals surface area contributed by atoms with Crippen LogP contribution >= 0.6 is 30.4 Å². The molecule has 4 atom stereocenters. The van der Waals surface area contributed by atoms with Crippen LogP contribution in [0.5, 0.6) is 5.75 Å². The predicted octanol–water partition coefficient (Wildman–Crippen LogP) is 10.4. The van der Waals surface area contributed by atoms with E-state index in [2.05, 4.69) is 9.97 Å². The van der Waals surface area contributed by atoms with Crippen LogP contribution in [0.15, 0.2) is 47.1 Å². The molecule has 2 aromatic heterocycles. The minimum Gasteiger partial charge on any atom is -0.491 e. The van der Waals surface area contributed by atoms with Gasteiger partial charge in [0.05, 0.1) is 63.1 Å². The maximum absolute atomic E-state index is 14.8. The summed E-state index contributed by atoms with van der Waals surface area (Å²) in [6.07, 6.45) is 5.32. The van der Waals surface area contributed by atoms with E-state index in [9.17, 15) is 22.7 Å². The molecule has 0 saturated carbocycles. The van der Waals surface area contributed by atoms with Crippen molar-refractivity contribution >= 4 is 30.4 Å². The molecule has 322 valence electrons. The highest BCUT2D eigenvalue weighted by Crippen LogP contribution is 2.83. The molecule has 0 N–H and O–H groups in total. The first kappa shape index (κ1) is 45.4. The zero-order valence-electron chi connectivity index (χ0n) is 33.8. The quantitative estimate of drug-likeness (QED) is 0.123.